The van der Waals surface area contributed by atoms with E-state index in [0.29, 0.717) is 17.5 Å². The van der Waals surface area contributed by atoms with Gasteiger partial charge in [0, 0.05) is 31.6 Å². The van der Waals surface area contributed by atoms with Crippen molar-refractivity contribution in [2.75, 3.05) is 42.8 Å². The first kappa shape index (κ1) is 17.1. The summed E-state index contributed by atoms with van der Waals surface area (Å²) in [6, 6.07) is 14.8. The maximum Gasteiger partial charge on any atom is 0.323 e. The van der Waals surface area contributed by atoms with Crippen LogP contribution in [0, 0.1) is 0 Å². The van der Waals surface area contributed by atoms with Gasteiger partial charge in [-0.25, -0.2) is 4.79 Å². The van der Waals surface area contributed by atoms with Crippen molar-refractivity contribution in [1.29, 1.82) is 0 Å². The molecule has 2 aromatic carbocycles. The van der Waals surface area contributed by atoms with Crippen LogP contribution in [0.4, 0.5) is 21.9 Å². The summed E-state index contributed by atoms with van der Waals surface area (Å²) in [5.74, 6) is 0.620. The van der Waals surface area contributed by atoms with Crippen LogP contribution in [0.5, 0.6) is 5.75 Å². The molecule has 1 atom stereocenters. The SMILES string of the molecule is COc1ccccc1NC(=O)Nc1ccc(N2CC[C@@H](OC)C2)cc1. The summed E-state index contributed by atoms with van der Waals surface area (Å²) in [5, 5.41) is 5.62. The van der Waals surface area contributed by atoms with Crippen LogP contribution in [0.15, 0.2) is 48.5 Å². The maximum absolute atomic E-state index is 12.2. The molecule has 1 saturated heterocycles. The Labute approximate surface area is 147 Å². The lowest BCUT2D eigenvalue weighted by Gasteiger charge is -2.18. The molecule has 0 aromatic heterocycles. The molecule has 2 aromatic rings. The van der Waals surface area contributed by atoms with Gasteiger partial charge in [-0.05, 0) is 42.8 Å². The number of carbonyl (C=O) groups is 1. The Hall–Kier alpha value is -2.73. The molecule has 25 heavy (non-hydrogen) atoms. The Morgan fingerprint density at radius 1 is 1.08 bits per heavy atom. The average molecular weight is 341 g/mol. The van der Waals surface area contributed by atoms with Gasteiger partial charge >= 0.3 is 6.03 Å². The number of urea groups is 1. The summed E-state index contributed by atoms with van der Waals surface area (Å²) in [6.07, 6.45) is 1.34. The molecular formula is C19H23N3O3. The molecular weight excluding hydrogens is 318 g/mol. The van der Waals surface area contributed by atoms with Crippen LogP contribution in [0.25, 0.3) is 0 Å². The number of ether oxygens (including phenoxy) is 2. The fourth-order valence-corrected chi connectivity index (χ4v) is 2.94. The van der Waals surface area contributed by atoms with Crippen LogP contribution in [0.3, 0.4) is 0 Å². The molecule has 0 radical (unpaired) electrons. The zero-order valence-corrected chi connectivity index (χ0v) is 14.5. The van der Waals surface area contributed by atoms with Gasteiger partial charge in [0.1, 0.15) is 5.75 Å². The summed E-state index contributed by atoms with van der Waals surface area (Å²) in [5.41, 5.74) is 2.50. The number of nitrogens with one attached hydrogen (secondary N) is 2. The van der Waals surface area contributed by atoms with E-state index in [1.165, 1.54) is 0 Å². The van der Waals surface area contributed by atoms with Gasteiger partial charge in [-0.1, -0.05) is 12.1 Å². The number of para-hydroxylation sites is 2. The predicted octanol–water partition coefficient (Wildman–Crippen LogP) is 3.56. The quantitative estimate of drug-likeness (QED) is 0.873. The van der Waals surface area contributed by atoms with Crippen molar-refractivity contribution in [3.8, 4) is 5.75 Å². The number of carbonyl (C=O) groups excluding carboxylic acids is 1. The number of benzene rings is 2. The predicted molar refractivity (Wildman–Crippen MR) is 99.7 cm³/mol. The zero-order chi connectivity index (χ0) is 17.6. The lowest BCUT2D eigenvalue weighted by molar-refractivity contribution is 0.121. The van der Waals surface area contributed by atoms with E-state index in [4.69, 9.17) is 9.47 Å². The van der Waals surface area contributed by atoms with Crippen molar-refractivity contribution in [3.63, 3.8) is 0 Å². The van der Waals surface area contributed by atoms with Crippen LogP contribution in [0.1, 0.15) is 6.42 Å². The topological polar surface area (TPSA) is 62.8 Å². The summed E-state index contributed by atoms with van der Waals surface area (Å²) in [4.78, 5) is 14.5. The summed E-state index contributed by atoms with van der Waals surface area (Å²) < 4.78 is 10.6. The molecule has 0 unspecified atom stereocenters. The highest BCUT2D eigenvalue weighted by molar-refractivity contribution is 6.00. The molecule has 1 heterocycles. The van der Waals surface area contributed by atoms with Crippen molar-refractivity contribution < 1.29 is 14.3 Å². The first-order valence-electron chi connectivity index (χ1n) is 8.28. The Morgan fingerprint density at radius 2 is 1.84 bits per heavy atom. The van der Waals surface area contributed by atoms with Crippen LogP contribution in [-0.4, -0.2) is 39.4 Å². The van der Waals surface area contributed by atoms with E-state index in [2.05, 4.69) is 15.5 Å². The second kappa shape index (κ2) is 7.90. The highest BCUT2D eigenvalue weighted by Gasteiger charge is 2.22. The molecule has 0 bridgehead atoms. The third-order valence-electron chi connectivity index (χ3n) is 4.32. The van der Waals surface area contributed by atoms with Crippen LogP contribution >= 0.6 is 0 Å². The molecule has 1 aliphatic rings. The summed E-state index contributed by atoms with van der Waals surface area (Å²) in [6.45, 7) is 1.89. The molecule has 0 spiro atoms. The Bertz CT molecular complexity index is 718. The Balaban J connectivity index is 1.59. The van der Waals surface area contributed by atoms with Gasteiger partial charge in [0.05, 0.1) is 18.9 Å². The minimum absolute atomic E-state index is 0.296. The van der Waals surface area contributed by atoms with Gasteiger partial charge < -0.3 is 25.0 Å². The van der Waals surface area contributed by atoms with E-state index in [0.717, 1.165) is 30.9 Å². The molecule has 6 nitrogen and oxygen atoms in total. The first-order valence-corrected chi connectivity index (χ1v) is 8.28. The largest absolute Gasteiger partial charge is 0.495 e. The number of hydrogen-bond donors (Lipinski definition) is 2. The normalized spacial score (nSPS) is 16.6. The third kappa shape index (κ3) is 4.22. The van der Waals surface area contributed by atoms with Gasteiger partial charge in [-0.15, -0.1) is 0 Å². The fourth-order valence-electron chi connectivity index (χ4n) is 2.94. The van der Waals surface area contributed by atoms with Crippen molar-refractivity contribution in [2.45, 2.75) is 12.5 Å². The standard InChI is InChI=1S/C19H23N3O3/c1-24-16-11-12-22(13-16)15-9-7-14(8-10-15)20-19(23)21-17-5-3-4-6-18(17)25-2/h3-10,16H,11-13H2,1-2H3,(H2,20,21,23)/t16-/m1/s1. The van der Waals surface area contributed by atoms with E-state index in [1.807, 2.05) is 36.4 Å². The number of hydrogen-bond acceptors (Lipinski definition) is 4. The van der Waals surface area contributed by atoms with E-state index in [-0.39, 0.29) is 6.03 Å². The van der Waals surface area contributed by atoms with Crippen LogP contribution < -0.4 is 20.3 Å². The molecule has 2 amide bonds. The number of amides is 2. The van der Waals surface area contributed by atoms with Gasteiger partial charge in [0.25, 0.3) is 0 Å². The third-order valence-corrected chi connectivity index (χ3v) is 4.32. The van der Waals surface area contributed by atoms with E-state index in [1.54, 1.807) is 26.4 Å². The van der Waals surface area contributed by atoms with Gasteiger partial charge in [-0.3, -0.25) is 0 Å². The minimum atomic E-state index is -0.308. The number of nitrogens with zero attached hydrogens (tertiary/aromatic N) is 1. The van der Waals surface area contributed by atoms with E-state index in [9.17, 15) is 4.79 Å². The number of anilines is 3. The second-order valence-electron chi connectivity index (χ2n) is 5.92. The smallest absolute Gasteiger partial charge is 0.323 e. The van der Waals surface area contributed by atoms with Crippen LogP contribution in [0.2, 0.25) is 0 Å². The monoisotopic (exact) mass is 341 g/mol. The highest BCUT2D eigenvalue weighted by atomic mass is 16.5. The van der Waals surface area contributed by atoms with Gasteiger partial charge in [0.15, 0.2) is 0 Å². The van der Waals surface area contributed by atoms with E-state index >= 15 is 0 Å². The lowest BCUT2D eigenvalue weighted by atomic mass is 10.2. The molecule has 1 aliphatic heterocycles. The van der Waals surface area contributed by atoms with Gasteiger partial charge in [-0.2, -0.15) is 0 Å². The Morgan fingerprint density at radius 3 is 2.52 bits per heavy atom. The Kier molecular flexibility index (Phi) is 5.40. The van der Waals surface area contributed by atoms with Crippen molar-refractivity contribution in [1.82, 2.24) is 0 Å². The van der Waals surface area contributed by atoms with Gasteiger partial charge in [0.2, 0.25) is 0 Å². The highest BCUT2D eigenvalue weighted by Crippen LogP contribution is 2.25. The zero-order valence-electron chi connectivity index (χ0n) is 14.5. The average Bonchev–Trinajstić information content (AvgIpc) is 3.12. The maximum atomic E-state index is 12.2. The molecule has 0 saturated carbocycles. The summed E-state index contributed by atoms with van der Waals surface area (Å²) in [7, 11) is 3.32. The fraction of sp³-hybridized carbons (Fsp3) is 0.316. The molecule has 6 heteroatoms. The summed E-state index contributed by atoms with van der Waals surface area (Å²) >= 11 is 0. The molecule has 2 N–H and O–H groups in total. The van der Waals surface area contributed by atoms with Crippen molar-refractivity contribution in [2.24, 2.45) is 0 Å². The molecule has 1 fully saturated rings. The first-order chi connectivity index (χ1) is 12.2. The second-order valence-corrected chi connectivity index (χ2v) is 5.92. The van der Waals surface area contributed by atoms with E-state index < -0.39 is 0 Å². The molecule has 132 valence electrons. The lowest BCUT2D eigenvalue weighted by Crippen LogP contribution is -2.22. The molecule has 3 rings (SSSR count). The minimum Gasteiger partial charge on any atom is -0.495 e. The van der Waals surface area contributed by atoms with Crippen LogP contribution in [-0.2, 0) is 4.74 Å². The van der Waals surface area contributed by atoms with Crippen molar-refractivity contribution >= 4 is 23.1 Å². The molecule has 0 aliphatic carbocycles. The number of methoxy groups -OCH3 is 2. The van der Waals surface area contributed by atoms with Crippen molar-refractivity contribution in [3.05, 3.63) is 48.5 Å². The number of rotatable bonds is 5.